The van der Waals surface area contributed by atoms with Gasteiger partial charge in [0.05, 0.1) is 12.3 Å². The summed E-state index contributed by atoms with van der Waals surface area (Å²) in [6, 6.07) is 14.0. The lowest BCUT2D eigenvalue weighted by Crippen LogP contribution is -2.09. The average molecular weight is 542 g/mol. The van der Waals surface area contributed by atoms with Crippen molar-refractivity contribution in [3.05, 3.63) is 69.4 Å². The number of imidazole rings is 1. The lowest BCUT2D eigenvalue weighted by molar-refractivity contribution is 0.271. The summed E-state index contributed by atoms with van der Waals surface area (Å²) in [5, 5.41) is 26.4. The fraction of sp³-hybridized carbons (Fsp3) is 0.250. The molecule has 0 unspecified atom stereocenters. The number of rotatable bonds is 8. The number of aromatic nitrogens is 6. The quantitative estimate of drug-likeness (QED) is 0.258. The molecule has 8 nitrogen and oxygen atoms in total. The van der Waals surface area contributed by atoms with Crippen LogP contribution in [-0.4, -0.2) is 35.3 Å². The van der Waals surface area contributed by atoms with E-state index in [0.717, 1.165) is 58.3 Å². The van der Waals surface area contributed by atoms with Crippen molar-refractivity contribution in [2.45, 2.75) is 39.3 Å². The van der Waals surface area contributed by atoms with Crippen LogP contribution in [0.5, 0.6) is 0 Å². The number of benzene rings is 2. The minimum atomic E-state index is -0.160. The van der Waals surface area contributed by atoms with Gasteiger partial charge in [0.15, 0.2) is 15.6 Å². The molecule has 0 atom stereocenters. The van der Waals surface area contributed by atoms with Crippen LogP contribution in [0.4, 0.5) is 0 Å². The number of hydrogen-bond acceptors (Lipinski definition) is 6. The summed E-state index contributed by atoms with van der Waals surface area (Å²) in [6.07, 6.45) is 2.88. The summed E-state index contributed by atoms with van der Waals surface area (Å²) in [5.74, 6) is 2.18. The van der Waals surface area contributed by atoms with Crippen molar-refractivity contribution in [1.29, 1.82) is 0 Å². The molecule has 0 amide bonds. The van der Waals surface area contributed by atoms with Gasteiger partial charge in [0, 0.05) is 34.9 Å². The number of aliphatic hydroxyl groups excluding tert-OH is 1. The Bertz CT molecular complexity index is 1440. The van der Waals surface area contributed by atoms with Crippen molar-refractivity contribution in [2.75, 3.05) is 0 Å². The zero-order valence-electron chi connectivity index (χ0n) is 18.4. The highest BCUT2D eigenvalue weighted by atomic mass is 79.9. The fourth-order valence-corrected chi connectivity index (χ4v) is 4.91. The first-order valence-electron chi connectivity index (χ1n) is 11.0. The van der Waals surface area contributed by atoms with Crippen LogP contribution in [0.25, 0.3) is 33.5 Å². The molecule has 0 aliphatic heterocycles. The highest BCUT2D eigenvalue weighted by Crippen LogP contribution is 2.40. The third-order valence-electron chi connectivity index (χ3n) is 5.85. The standard InChI is InChI=1S/C24H22BrClN6O2/c1-2-3-8-20-27-23(26)19(13-33)32(20)12-14-9-10-16-18(11-14)22(25)34-21(16)15-6-4-5-7-17(15)24-28-30-31-29-24/h4-7,9-11,33H,2-3,8,12-13H2,1H3,(H,28,29,30,31). The van der Waals surface area contributed by atoms with Crippen molar-refractivity contribution in [3.63, 3.8) is 0 Å². The number of aromatic amines is 1. The van der Waals surface area contributed by atoms with Gasteiger partial charge >= 0.3 is 0 Å². The highest BCUT2D eigenvalue weighted by molar-refractivity contribution is 9.10. The Kier molecular flexibility index (Phi) is 6.49. The summed E-state index contributed by atoms with van der Waals surface area (Å²) in [6.45, 7) is 2.53. The van der Waals surface area contributed by atoms with Crippen LogP contribution in [0.3, 0.4) is 0 Å². The second-order valence-corrected chi connectivity index (χ2v) is 9.07. The molecule has 174 valence electrons. The van der Waals surface area contributed by atoms with Gasteiger partial charge in [-0.15, -0.1) is 5.10 Å². The Labute approximate surface area is 209 Å². The van der Waals surface area contributed by atoms with Gasteiger partial charge in [-0.3, -0.25) is 0 Å². The summed E-state index contributed by atoms with van der Waals surface area (Å²) in [4.78, 5) is 4.49. The largest absolute Gasteiger partial charge is 0.448 e. The number of halogens is 2. The summed E-state index contributed by atoms with van der Waals surface area (Å²) in [5.41, 5.74) is 3.42. The van der Waals surface area contributed by atoms with E-state index in [0.29, 0.717) is 27.9 Å². The SMILES string of the molecule is CCCCc1nc(Cl)c(CO)n1Cc1ccc2c(-c3ccccc3-c3nnn[nH]3)oc(Br)c2c1. The number of hydrogen-bond donors (Lipinski definition) is 2. The van der Waals surface area contributed by atoms with E-state index in [4.69, 9.17) is 16.0 Å². The molecule has 0 saturated heterocycles. The molecule has 0 radical (unpaired) electrons. The number of fused-ring (bicyclic) bond motifs is 1. The summed E-state index contributed by atoms with van der Waals surface area (Å²) in [7, 11) is 0. The first kappa shape index (κ1) is 22.8. The van der Waals surface area contributed by atoms with E-state index in [1.165, 1.54) is 0 Å². The Morgan fingerprint density at radius 3 is 2.71 bits per heavy atom. The fourth-order valence-electron chi connectivity index (χ4n) is 4.16. The minimum Gasteiger partial charge on any atom is -0.448 e. The molecule has 3 aromatic heterocycles. The van der Waals surface area contributed by atoms with Crippen LogP contribution < -0.4 is 0 Å². The molecular formula is C24H22BrClN6O2. The number of unbranched alkanes of at least 4 members (excludes halogenated alkanes) is 1. The highest BCUT2D eigenvalue weighted by Gasteiger charge is 2.20. The first-order chi connectivity index (χ1) is 16.6. The van der Waals surface area contributed by atoms with Gasteiger partial charge in [-0.25, -0.2) is 10.1 Å². The van der Waals surface area contributed by atoms with Crippen molar-refractivity contribution < 1.29 is 9.52 Å². The molecule has 5 rings (SSSR count). The van der Waals surface area contributed by atoms with E-state index < -0.39 is 0 Å². The Balaban J connectivity index is 1.55. The van der Waals surface area contributed by atoms with Crippen molar-refractivity contribution in [1.82, 2.24) is 30.2 Å². The average Bonchev–Trinajstić information content (AvgIpc) is 3.56. The maximum atomic E-state index is 9.88. The van der Waals surface area contributed by atoms with Crippen LogP contribution >= 0.6 is 27.5 Å². The van der Waals surface area contributed by atoms with E-state index in [9.17, 15) is 5.11 Å². The normalized spacial score (nSPS) is 11.5. The zero-order valence-corrected chi connectivity index (χ0v) is 20.8. The van der Waals surface area contributed by atoms with Gasteiger partial charge in [-0.2, -0.15) is 0 Å². The van der Waals surface area contributed by atoms with Crippen molar-refractivity contribution >= 4 is 38.3 Å². The lowest BCUT2D eigenvalue weighted by atomic mass is 10.0. The van der Waals surface area contributed by atoms with E-state index in [2.05, 4.69) is 60.6 Å². The Morgan fingerprint density at radius 1 is 1.15 bits per heavy atom. The molecule has 3 heterocycles. The lowest BCUT2D eigenvalue weighted by Gasteiger charge is -2.11. The van der Waals surface area contributed by atoms with Crippen LogP contribution in [0, 0.1) is 0 Å². The monoisotopic (exact) mass is 540 g/mol. The molecular weight excluding hydrogens is 520 g/mol. The third-order valence-corrected chi connectivity index (χ3v) is 6.74. The van der Waals surface area contributed by atoms with Gasteiger partial charge in [0.1, 0.15) is 11.6 Å². The minimum absolute atomic E-state index is 0.160. The van der Waals surface area contributed by atoms with Crippen LogP contribution in [0.1, 0.15) is 36.8 Å². The van der Waals surface area contributed by atoms with E-state index in [1.807, 2.05) is 34.9 Å². The molecule has 0 saturated carbocycles. The van der Waals surface area contributed by atoms with Gasteiger partial charge < -0.3 is 14.1 Å². The number of aryl methyl sites for hydroxylation is 1. The molecule has 34 heavy (non-hydrogen) atoms. The topological polar surface area (TPSA) is 106 Å². The van der Waals surface area contributed by atoms with Crippen LogP contribution in [0.15, 0.2) is 51.6 Å². The predicted molar refractivity (Wildman–Crippen MR) is 133 cm³/mol. The van der Waals surface area contributed by atoms with Gasteiger partial charge in [-0.1, -0.05) is 61.3 Å². The number of aliphatic hydroxyl groups is 1. The van der Waals surface area contributed by atoms with Gasteiger partial charge in [-0.05, 0) is 44.4 Å². The van der Waals surface area contributed by atoms with E-state index in [1.54, 1.807) is 0 Å². The second-order valence-electron chi connectivity index (χ2n) is 7.99. The Hall–Kier alpha value is -3.01. The van der Waals surface area contributed by atoms with Crippen LogP contribution in [-0.2, 0) is 19.6 Å². The number of tetrazole rings is 1. The summed E-state index contributed by atoms with van der Waals surface area (Å²) >= 11 is 9.91. The molecule has 0 aliphatic carbocycles. The molecule has 0 fully saturated rings. The van der Waals surface area contributed by atoms with Gasteiger partial charge in [0.2, 0.25) is 0 Å². The molecule has 2 N–H and O–H groups in total. The zero-order chi connectivity index (χ0) is 23.7. The Morgan fingerprint density at radius 2 is 1.97 bits per heavy atom. The number of nitrogens with zero attached hydrogens (tertiary/aromatic N) is 5. The summed E-state index contributed by atoms with van der Waals surface area (Å²) < 4.78 is 8.83. The van der Waals surface area contributed by atoms with Crippen LogP contribution in [0.2, 0.25) is 5.15 Å². The molecule has 10 heteroatoms. The molecule has 2 aromatic carbocycles. The maximum Gasteiger partial charge on any atom is 0.180 e. The number of furan rings is 1. The number of nitrogens with one attached hydrogen (secondary N) is 1. The molecule has 0 spiro atoms. The van der Waals surface area contributed by atoms with E-state index >= 15 is 0 Å². The number of H-pyrrole nitrogens is 1. The molecule has 0 bridgehead atoms. The molecule has 5 aromatic rings. The predicted octanol–water partition coefficient (Wildman–Crippen LogP) is 5.78. The third kappa shape index (κ3) is 4.15. The van der Waals surface area contributed by atoms with Crippen molar-refractivity contribution in [3.8, 4) is 22.7 Å². The van der Waals surface area contributed by atoms with E-state index in [-0.39, 0.29) is 6.61 Å². The van der Waals surface area contributed by atoms with Crippen molar-refractivity contribution in [2.24, 2.45) is 0 Å². The molecule has 0 aliphatic rings. The smallest absolute Gasteiger partial charge is 0.180 e. The first-order valence-corrected chi connectivity index (χ1v) is 12.2. The maximum absolute atomic E-state index is 9.88. The van der Waals surface area contributed by atoms with Gasteiger partial charge in [0.25, 0.3) is 0 Å². The second kappa shape index (κ2) is 9.69.